The predicted molar refractivity (Wildman–Crippen MR) is 71.4 cm³/mol. The highest BCUT2D eigenvalue weighted by molar-refractivity contribution is 5.86. The summed E-state index contributed by atoms with van der Waals surface area (Å²) in [5.74, 6) is -1.01. The molecule has 3 unspecified atom stereocenters. The van der Waals surface area contributed by atoms with Crippen molar-refractivity contribution in [3.05, 3.63) is 35.9 Å². The van der Waals surface area contributed by atoms with Crippen molar-refractivity contribution in [1.29, 1.82) is 5.26 Å². The molecule has 3 atom stereocenters. The molecular formula is C15H18N2O2. The molecule has 1 amide bonds. The summed E-state index contributed by atoms with van der Waals surface area (Å²) in [6, 6.07) is 11.1. The minimum Gasteiger partial charge on any atom is -0.376 e. The van der Waals surface area contributed by atoms with Gasteiger partial charge in [-0.2, -0.15) is 5.26 Å². The molecule has 0 spiro atoms. The van der Waals surface area contributed by atoms with E-state index < -0.39 is 5.92 Å². The van der Waals surface area contributed by atoms with Crippen LogP contribution in [-0.4, -0.2) is 24.7 Å². The van der Waals surface area contributed by atoms with Gasteiger partial charge in [0.15, 0.2) is 0 Å². The standard InChI is InChI=1S/C15H18N2O2/c1-11(14-8-5-9-19-14)17-15(18)13(10-16)12-6-3-2-4-7-12/h2-4,6-7,11,13-14H,5,8-9H2,1H3,(H,17,18). The topological polar surface area (TPSA) is 62.1 Å². The van der Waals surface area contributed by atoms with Crippen LogP contribution in [0.1, 0.15) is 31.2 Å². The number of carbonyl (C=O) groups is 1. The first-order valence-corrected chi connectivity index (χ1v) is 6.59. The molecule has 1 N–H and O–H groups in total. The molecule has 0 aliphatic carbocycles. The maximum Gasteiger partial charge on any atom is 0.242 e. The summed E-state index contributed by atoms with van der Waals surface area (Å²) < 4.78 is 5.54. The van der Waals surface area contributed by atoms with Gasteiger partial charge in [-0.3, -0.25) is 4.79 Å². The lowest BCUT2D eigenvalue weighted by molar-refractivity contribution is -0.122. The molecule has 1 fully saturated rings. The van der Waals surface area contributed by atoms with Gasteiger partial charge in [0, 0.05) is 6.61 Å². The van der Waals surface area contributed by atoms with Crippen molar-refractivity contribution in [1.82, 2.24) is 5.32 Å². The highest BCUT2D eigenvalue weighted by Gasteiger charge is 2.27. The molecule has 2 rings (SSSR count). The lowest BCUT2D eigenvalue weighted by Gasteiger charge is -2.21. The van der Waals surface area contributed by atoms with Crippen molar-refractivity contribution in [2.75, 3.05) is 6.61 Å². The molecule has 1 aliphatic rings. The Kier molecular flexibility index (Phi) is 4.53. The van der Waals surface area contributed by atoms with E-state index in [1.165, 1.54) is 0 Å². The van der Waals surface area contributed by atoms with Crippen molar-refractivity contribution in [2.24, 2.45) is 0 Å². The summed E-state index contributed by atoms with van der Waals surface area (Å²) in [4.78, 5) is 12.2. The van der Waals surface area contributed by atoms with Crippen molar-refractivity contribution in [3.8, 4) is 6.07 Å². The fraction of sp³-hybridized carbons (Fsp3) is 0.467. The van der Waals surface area contributed by atoms with E-state index in [1.54, 1.807) is 12.1 Å². The van der Waals surface area contributed by atoms with Crippen LogP contribution in [0.2, 0.25) is 0 Å². The van der Waals surface area contributed by atoms with Crippen LogP contribution >= 0.6 is 0 Å². The molecule has 4 nitrogen and oxygen atoms in total. The molecule has 4 heteroatoms. The zero-order valence-electron chi connectivity index (χ0n) is 11.0. The Hall–Kier alpha value is -1.86. The number of nitriles is 1. The van der Waals surface area contributed by atoms with Gasteiger partial charge in [-0.05, 0) is 25.3 Å². The molecule has 1 aromatic carbocycles. The number of ether oxygens (including phenoxy) is 1. The van der Waals surface area contributed by atoms with Crippen molar-refractivity contribution in [3.63, 3.8) is 0 Å². The van der Waals surface area contributed by atoms with E-state index in [2.05, 4.69) is 11.4 Å². The molecule has 1 saturated heterocycles. The van der Waals surface area contributed by atoms with Crippen LogP contribution in [-0.2, 0) is 9.53 Å². The second-order valence-corrected chi connectivity index (χ2v) is 4.82. The second-order valence-electron chi connectivity index (χ2n) is 4.82. The minimum atomic E-state index is -0.759. The first kappa shape index (κ1) is 13.6. The van der Waals surface area contributed by atoms with E-state index >= 15 is 0 Å². The zero-order chi connectivity index (χ0) is 13.7. The molecule has 0 bridgehead atoms. The van der Waals surface area contributed by atoms with Crippen LogP contribution in [0, 0.1) is 11.3 Å². The Morgan fingerprint density at radius 1 is 1.47 bits per heavy atom. The predicted octanol–water partition coefficient (Wildman–Crippen LogP) is 1.98. The molecule has 0 radical (unpaired) electrons. The van der Waals surface area contributed by atoms with E-state index in [4.69, 9.17) is 4.74 Å². The van der Waals surface area contributed by atoms with Gasteiger partial charge in [-0.25, -0.2) is 0 Å². The Labute approximate surface area is 113 Å². The normalized spacial score (nSPS) is 21.4. The number of hydrogen-bond acceptors (Lipinski definition) is 3. The van der Waals surface area contributed by atoms with Crippen LogP contribution in [0.4, 0.5) is 0 Å². The van der Waals surface area contributed by atoms with Crippen LogP contribution in [0.15, 0.2) is 30.3 Å². The van der Waals surface area contributed by atoms with Gasteiger partial charge in [-0.15, -0.1) is 0 Å². The number of nitrogens with zero attached hydrogens (tertiary/aromatic N) is 1. The average Bonchev–Trinajstić information content (AvgIpc) is 2.94. The highest BCUT2D eigenvalue weighted by atomic mass is 16.5. The Morgan fingerprint density at radius 2 is 2.21 bits per heavy atom. The third-order valence-corrected chi connectivity index (χ3v) is 3.42. The molecule has 1 aromatic rings. The Balaban J connectivity index is 1.99. The number of benzene rings is 1. The van der Waals surface area contributed by atoms with E-state index in [9.17, 15) is 10.1 Å². The molecule has 1 aliphatic heterocycles. The monoisotopic (exact) mass is 258 g/mol. The lowest BCUT2D eigenvalue weighted by atomic mass is 9.99. The van der Waals surface area contributed by atoms with Gasteiger partial charge in [0.05, 0.1) is 18.2 Å². The third kappa shape index (κ3) is 3.33. The SMILES string of the molecule is CC(NC(=O)C(C#N)c1ccccc1)C1CCCO1. The maximum absolute atomic E-state index is 12.2. The van der Waals surface area contributed by atoms with Gasteiger partial charge in [0.25, 0.3) is 0 Å². The summed E-state index contributed by atoms with van der Waals surface area (Å²) in [7, 11) is 0. The third-order valence-electron chi connectivity index (χ3n) is 3.42. The van der Waals surface area contributed by atoms with Gasteiger partial charge in [0.1, 0.15) is 5.92 Å². The van der Waals surface area contributed by atoms with Gasteiger partial charge in [0.2, 0.25) is 5.91 Å². The zero-order valence-corrected chi connectivity index (χ0v) is 11.0. The van der Waals surface area contributed by atoms with Gasteiger partial charge >= 0.3 is 0 Å². The molecule has 100 valence electrons. The summed E-state index contributed by atoms with van der Waals surface area (Å²) in [6.07, 6.45) is 2.06. The summed E-state index contributed by atoms with van der Waals surface area (Å²) in [6.45, 7) is 2.68. The molecule has 19 heavy (non-hydrogen) atoms. The van der Waals surface area contributed by atoms with E-state index in [0.717, 1.165) is 25.0 Å². The van der Waals surface area contributed by atoms with Gasteiger partial charge < -0.3 is 10.1 Å². The summed E-state index contributed by atoms with van der Waals surface area (Å²) >= 11 is 0. The summed E-state index contributed by atoms with van der Waals surface area (Å²) in [5.41, 5.74) is 0.724. The Morgan fingerprint density at radius 3 is 2.79 bits per heavy atom. The fourth-order valence-electron chi connectivity index (χ4n) is 2.33. The van der Waals surface area contributed by atoms with E-state index in [1.807, 2.05) is 25.1 Å². The first-order valence-electron chi connectivity index (χ1n) is 6.59. The largest absolute Gasteiger partial charge is 0.376 e. The smallest absolute Gasteiger partial charge is 0.242 e. The lowest BCUT2D eigenvalue weighted by Crippen LogP contribution is -2.42. The number of rotatable bonds is 4. The maximum atomic E-state index is 12.2. The molecule has 0 aromatic heterocycles. The number of hydrogen-bond donors (Lipinski definition) is 1. The molecule has 1 heterocycles. The Bertz CT molecular complexity index is 461. The van der Waals surface area contributed by atoms with Gasteiger partial charge in [-0.1, -0.05) is 30.3 Å². The first-order chi connectivity index (χ1) is 9.22. The second kappa shape index (κ2) is 6.35. The van der Waals surface area contributed by atoms with Crippen molar-refractivity contribution in [2.45, 2.75) is 37.8 Å². The number of amides is 1. The minimum absolute atomic E-state index is 0.0606. The van der Waals surface area contributed by atoms with E-state index in [-0.39, 0.29) is 18.1 Å². The summed E-state index contributed by atoms with van der Waals surface area (Å²) in [5, 5.41) is 12.1. The highest BCUT2D eigenvalue weighted by Crippen LogP contribution is 2.18. The van der Waals surface area contributed by atoms with Crippen LogP contribution < -0.4 is 5.32 Å². The average molecular weight is 258 g/mol. The number of carbonyl (C=O) groups excluding carboxylic acids is 1. The van der Waals surface area contributed by atoms with Crippen molar-refractivity contribution >= 4 is 5.91 Å². The van der Waals surface area contributed by atoms with Crippen molar-refractivity contribution < 1.29 is 9.53 Å². The van der Waals surface area contributed by atoms with Crippen LogP contribution in [0.25, 0.3) is 0 Å². The molecule has 0 saturated carbocycles. The molecular weight excluding hydrogens is 240 g/mol. The van der Waals surface area contributed by atoms with Crippen LogP contribution in [0.5, 0.6) is 0 Å². The quantitative estimate of drug-likeness (QED) is 0.898. The van der Waals surface area contributed by atoms with Crippen LogP contribution in [0.3, 0.4) is 0 Å². The van der Waals surface area contributed by atoms with E-state index in [0.29, 0.717) is 0 Å². The number of nitrogens with one attached hydrogen (secondary N) is 1. The fourth-order valence-corrected chi connectivity index (χ4v) is 2.33.